The minimum atomic E-state index is -0.203. The highest BCUT2D eigenvalue weighted by atomic mass is 35.5. The number of carbonyl (C=O) groups is 1. The summed E-state index contributed by atoms with van der Waals surface area (Å²) in [5, 5.41) is 0.596. The molecule has 0 saturated carbocycles. The van der Waals surface area contributed by atoms with Crippen LogP contribution in [0.3, 0.4) is 0 Å². The van der Waals surface area contributed by atoms with Gasteiger partial charge in [0.25, 0.3) is 11.5 Å². The van der Waals surface area contributed by atoms with Crippen molar-refractivity contribution in [2.45, 2.75) is 18.9 Å². The molecule has 1 aromatic carbocycles. The van der Waals surface area contributed by atoms with E-state index in [1.807, 2.05) is 0 Å². The highest BCUT2D eigenvalue weighted by Gasteiger charge is 2.32. The van der Waals surface area contributed by atoms with Gasteiger partial charge in [0.15, 0.2) is 0 Å². The minimum Gasteiger partial charge on any atom is -0.328 e. The van der Waals surface area contributed by atoms with Gasteiger partial charge in [-0.1, -0.05) is 11.6 Å². The first-order valence-corrected chi connectivity index (χ1v) is 7.15. The molecule has 0 radical (unpaired) electrons. The van der Waals surface area contributed by atoms with E-state index in [1.54, 1.807) is 29.2 Å². The molecule has 1 N–H and O–H groups in total. The van der Waals surface area contributed by atoms with Crippen molar-refractivity contribution in [3.63, 3.8) is 0 Å². The van der Waals surface area contributed by atoms with Crippen molar-refractivity contribution in [2.75, 3.05) is 6.54 Å². The van der Waals surface area contributed by atoms with Crippen LogP contribution in [-0.2, 0) is 0 Å². The smallest absolute Gasteiger partial charge is 0.254 e. The summed E-state index contributed by atoms with van der Waals surface area (Å²) >= 11 is 5.84. The van der Waals surface area contributed by atoms with Gasteiger partial charge in [0, 0.05) is 29.4 Å². The highest BCUT2D eigenvalue weighted by molar-refractivity contribution is 6.30. The quantitative estimate of drug-likeness (QED) is 0.926. The van der Waals surface area contributed by atoms with Crippen LogP contribution in [-0.4, -0.2) is 27.3 Å². The zero-order valence-electron chi connectivity index (χ0n) is 11.3. The molecule has 2 aromatic rings. The topological polar surface area (TPSA) is 66.1 Å². The molecule has 108 valence electrons. The van der Waals surface area contributed by atoms with Gasteiger partial charge in [-0.2, -0.15) is 0 Å². The fourth-order valence-corrected chi connectivity index (χ4v) is 2.73. The molecule has 0 bridgehead atoms. The van der Waals surface area contributed by atoms with Gasteiger partial charge in [-0.3, -0.25) is 9.59 Å². The van der Waals surface area contributed by atoms with Crippen molar-refractivity contribution in [3.05, 3.63) is 63.3 Å². The van der Waals surface area contributed by atoms with Crippen LogP contribution in [0.1, 0.15) is 35.1 Å². The number of nitrogens with zero attached hydrogens (tertiary/aromatic N) is 2. The standard InChI is InChI=1S/C15H14ClN3O2/c16-11-5-3-10(4-6-11)15(21)19-9-1-2-12(19)14-17-8-7-13(20)18-14/h3-8,12H,1-2,9H2,(H,17,18,20). The van der Waals surface area contributed by atoms with Crippen LogP contribution in [0.25, 0.3) is 0 Å². The zero-order valence-corrected chi connectivity index (χ0v) is 12.0. The number of nitrogens with one attached hydrogen (secondary N) is 1. The van der Waals surface area contributed by atoms with E-state index in [1.165, 1.54) is 12.3 Å². The fraction of sp³-hybridized carbons (Fsp3) is 0.267. The molecule has 1 aliphatic heterocycles. The van der Waals surface area contributed by atoms with Gasteiger partial charge < -0.3 is 9.88 Å². The third-order valence-electron chi connectivity index (χ3n) is 3.61. The first-order chi connectivity index (χ1) is 10.1. The zero-order chi connectivity index (χ0) is 14.8. The second-order valence-corrected chi connectivity index (χ2v) is 5.42. The largest absolute Gasteiger partial charge is 0.328 e. The first-order valence-electron chi connectivity index (χ1n) is 6.77. The maximum Gasteiger partial charge on any atom is 0.254 e. The molecular weight excluding hydrogens is 290 g/mol. The van der Waals surface area contributed by atoms with Crippen molar-refractivity contribution < 1.29 is 4.79 Å². The lowest BCUT2D eigenvalue weighted by molar-refractivity contribution is 0.0729. The van der Waals surface area contributed by atoms with Gasteiger partial charge in [-0.25, -0.2) is 4.98 Å². The van der Waals surface area contributed by atoms with E-state index in [9.17, 15) is 9.59 Å². The predicted octanol–water partition coefficient (Wildman–Crippen LogP) is 2.40. The molecule has 1 saturated heterocycles. The molecule has 5 nitrogen and oxygen atoms in total. The van der Waals surface area contributed by atoms with Crippen LogP contribution >= 0.6 is 11.6 Å². The first kappa shape index (κ1) is 13.8. The summed E-state index contributed by atoms with van der Waals surface area (Å²) in [5.74, 6) is 0.475. The molecule has 21 heavy (non-hydrogen) atoms. The molecule has 2 heterocycles. The Bertz CT molecular complexity index is 711. The molecular formula is C15H14ClN3O2. The Hall–Kier alpha value is -2.14. The second kappa shape index (κ2) is 5.69. The van der Waals surface area contributed by atoms with Crippen molar-refractivity contribution in [2.24, 2.45) is 0 Å². The Morgan fingerprint density at radius 1 is 1.29 bits per heavy atom. The fourth-order valence-electron chi connectivity index (χ4n) is 2.61. The minimum absolute atomic E-state index is 0.0688. The Balaban J connectivity index is 1.88. The molecule has 1 aliphatic rings. The number of benzene rings is 1. The van der Waals surface area contributed by atoms with Crippen molar-refractivity contribution >= 4 is 17.5 Å². The van der Waals surface area contributed by atoms with Gasteiger partial charge in [0.2, 0.25) is 0 Å². The lowest BCUT2D eigenvalue weighted by Crippen LogP contribution is -2.32. The lowest BCUT2D eigenvalue weighted by Gasteiger charge is -2.23. The van der Waals surface area contributed by atoms with Gasteiger partial charge in [0.05, 0.1) is 6.04 Å². The van der Waals surface area contributed by atoms with Crippen molar-refractivity contribution in [1.82, 2.24) is 14.9 Å². The number of hydrogen-bond donors (Lipinski definition) is 1. The molecule has 3 rings (SSSR count). The van der Waals surface area contributed by atoms with Crippen LogP contribution < -0.4 is 5.56 Å². The number of hydrogen-bond acceptors (Lipinski definition) is 3. The molecule has 6 heteroatoms. The number of aromatic nitrogens is 2. The third kappa shape index (κ3) is 2.83. The maximum absolute atomic E-state index is 12.6. The van der Waals surface area contributed by atoms with E-state index in [0.717, 1.165) is 12.8 Å². The molecule has 0 aliphatic carbocycles. The summed E-state index contributed by atoms with van der Waals surface area (Å²) in [4.78, 5) is 32.7. The summed E-state index contributed by atoms with van der Waals surface area (Å²) < 4.78 is 0. The van der Waals surface area contributed by atoms with Crippen molar-refractivity contribution in [1.29, 1.82) is 0 Å². The van der Waals surface area contributed by atoms with Gasteiger partial charge in [-0.05, 0) is 37.1 Å². The normalized spacial score (nSPS) is 18.0. The van der Waals surface area contributed by atoms with Gasteiger partial charge >= 0.3 is 0 Å². The molecule has 1 aromatic heterocycles. The SMILES string of the molecule is O=C(c1ccc(Cl)cc1)N1CCCC1c1nccc(=O)[nH]1. The number of likely N-dealkylation sites (tertiary alicyclic amines) is 1. The average Bonchev–Trinajstić information content (AvgIpc) is 2.97. The van der Waals surface area contributed by atoms with Gasteiger partial charge in [0.1, 0.15) is 5.82 Å². The van der Waals surface area contributed by atoms with Crippen LogP contribution in [0.5, 0.6) is 0 Å². The van der Waals surface area contributed by atoms with Crippen LogP contribution in [0, 0.1) is 0 Å². The number of halogens is 1. The number of amides is 1. The number of H-pyrrole nitrogens is 1. The monoisotopic (exact) mass is 303 g/mol. The number of rotatable bonds is 2. The van der Waals surface area contributed by atoms with E-state index in [-0.39, 0.29) is 17.5 Å². The summed E-state index contributed by atoms with van der Waals surface area (Å²) in [7, 11) is 0. The molecule has 1 atom stereocenters. The number of aromatic amines is 1. The Kier molecular flexibility index (Phi) is 3.75. The summed E-state index contributed by atoms with van der Waals surface area (Å²) in [5.41, 5.74) is 0.385. The van der Waals surface area contributed by atoms with Crippen LogP contribution in [0.4, 0.5) is 0 Å². The van der Waals surface area contributed by atoms with E-state index < -0.39 is 0 Å². The van der Waals surface area contributed by atoms with E-state index in [0.29, 0.717) is 23.0 Å². The molecule has 1 fully saturated rings. The van der Waals surface area contributed by atoms with Crippen molar-refractivity contribution in [3.8, 4) is 0 Å². The molecule has 1 amide bonds. The maximum atomic E-state index is 12.6. The third-order valence-corrected chi connectivity index (χ3v) is 3.86. The Morgan fingerprint density at radius 3 is 2.76 bits per heavy atom. The summed E-state index contributed by atoms with van der Waals surface area (Å²) in [6.45, 7) is 0.657. The van der Waals surface area contributed by atoms with E-state index >= 15 is 0 Å². The second-order valence-electron chi connectivity index (χ2n) is 4.98. The lowest BCUT2D eigenvalue weighted by atomic mass is 10.1. The predicted molar refractivity (Wildman–Crippen MR) is 79.3 cm³/mol. The van der Waals surface area contributed by atoms with Crippen LogP contribution in [0.15, 0.2) is 41.3 Å². The highest BCUT2D eigenvalue weighted by Crippen LogP contribution is 2.30. The van der Waals surface area contributed by atoms with E-state index in [4.69, 9.17) is 11.6 Å². The summed E-state index contributed by atoms with van der Waals surface area (Å²) in [6.07, 6.45) is 3.16. The average molecular weight is 304 g/mol. The summed E-state index contributed by atoms with van der Waals surface area (Å²) in [6, 6.07) is 8.00. The number of carbonyl (C=O) groups excluding carboxylic acids is 1. The van der Waals surface area contributed by atoms with Gasteiger partial charge in [-0.15, -0.1) is 0 Å². The Morgan fingerprint density at radius 2 is 2.05 bits per heavy atom. The van der Waals surface area contributed by atoms with Crippen LogP contribution in [0.2, 0.25) is 5.02 Å². The Labute approximate surface area is 126 Å². The van der Waals surface area contributed by atoms with E-state index in [2.05, 4.69) is 9.97 Å². The molecule has 0 spiro atoms. The molecule has 1 unspecified atom stereocenters.